The van der Waals surface area contributed by atoms with Crippen LogP contribution < -0.4 is 15.0 Å². The van der Waals surface area contributed by atoms with E-state index in [-0.39, 0.29) is 11.4 Å². The van der Waals surface area contributed by atoms with Crippen LogP contribution in [-0.2, 0) is 0 Å². The highest BCUT2D eigenvalue weighted by Gasteiger charge is 2.25. The highest BCUT2D eigenvalue weighted by atomic mass is 16.5. The Morgan fingerprint density at radius 3 is 2.43 bits per heavy atom. The van der Waals surface area contributed by atoms with E-state index < -0.39 is 0 Å². The number of para-hydroxylation sites is 2. The van der Waals surface area contributed by atoms with Gasteiger partial charge in [-0.05, 0) is 45.9 Å². The number of hydrogen-bond acceptors (Lipinski definition) is 6. The third-order valence-electron chi connectivity index (χ3n) is 4.55. The zero-order valence-electron chi connectivity index (χ0n) is 17.3. The summed E-state index contributed by atoms with van der Waals surface area (Å²) in [5.41, 5.74) is 2.10. The van der Waals surface area contributed by atoms with Crippen LogP contribution in [0, 0.1) is 6.92 Å². The van der Waals surface area contributed by atoms with Crippen molar-refractivity contribution in [3.05, 3.63) is 41.7 Å². The average Bonchev–Trinajstić information content (AvgIpc) is 2.65. The number of carbonyl (C=O) groups excluding carboxylic acids is 1. The van der Waals surface area contributed by atoms with Gasteiger partial charge in [0.15, 0.2) is 0 Å². The van der Waals surface area contributed by atoms with Gasteiger partial charge >= 0.3 is 0 Å². The maximum atomic E-state index is 13.0. The Balaban J connectivity index is 1.70. The highest BCUT2D eigenvalue weighted by Crippen LogP contribution is 2.28. The van der Waals surface area contributed by atoms with Crippen LogP contribution in [0.2, 0.25) is 0 Å². The van der Waals surface area contributed by atoms with E-state index in [2.05, 4.69) is 26.3 Å². The minimum Gasteiger partial charge on any atom is -0.495 e. The lowest BCUT2D eigenvalue weighted by Crippen LogP contribution is -2.49. The summed E-state index contributed by atoms with van der Waals surface area (Å²) in [5.74, 6) is 1.29. The van der Waals surface area contributed by atoms with Crippen molar-refractivity contribution >= 4 is 17.5 Å². The Morgan fingerprint density at radius 1 is 1.11 bits per heavy atom. The number of amides is 1. The molecule has 2 aromatic rings. The normalized spacial score (nSPS) is 14.8. The van der Waals surface area contributed by atoms with Crippen molar-refractivity contribution in [1.82, 2.24) is 14.9 Å². The highest BCUT2D eigenvalue weighted by molar-refractivity contribution is 5.93. The van der Waals surface area contributed by atoms with E-state index in [1.807, 2.05) is 50.8 Å². The third-order valence-corrected chi connectivity index (χ3v) is 4.55. The molecular weight excluding hydrogens is 354 g/mol. The van der Waals surface area contributed by atoms with Crippen molar-refractivity contribution in [3.63, 3.8) is 0 Å². The molecule has 3 rings (SSSR count). The molecule has 1 aliphatic rings. The first kappa shape index (κ1) is 19.9. The molecule has 1 aliphatic heterocycles. The molecule has 1 amide bonds. The minimum atomic E-state index is -0.172. The standard InChI is InChI=1S/C21H29N5O2/c1-15-14-16(23-20(22-15)24-21(2,3)4)19(27)26-12-10-25(11-13-26)17-8-6-7-9-18(17)28-5/h6-9,14H,10-13H2,1-5H3,(H,22,23,24). The lowest BCUT2D eigenvalue weighted by molar-refractivity contribution is 0.0740. The van der Waals surface area contributed by atoms with Gasteiger partial charge in [0.1, 0.15) is 11.4 Å². The lowest BCUT2D eigenvalue weighted by atomic mass is 10.1. The third kappa shape index (κ3) is 4.71. The van der Waals surface area contributed by atoms with Gasteiger partial charge in [-0.1, -0.05) is 12.1 Å². The topological polar surface area (TPSA) is 70.6 Å². The van der Waals surface area contributed by atoms with E-state index in [0.29, 0.717) is 24.7 Å². The molecule has 0 spiro atoms. The molecule has 0 unspecified atom stereocenters. The van der Waals surface area contributed by atoms with Crippen LogP contribution in [0.25, 0.3) is 0 Å². The Morgan fingerprint density at radius 2 is 1.79 bits per heavy atom. The van der Waals surface area contributed by atoms with E-state index in [4.69, 9.17) is 4.74 Å². The Labute approximate surface area is 166 Å². The predicted molar refractivity (Wildman–Crippen MR) is 111 cm³/mol. The zero-order valence-corrected chi connectivity index (χ0v) is 17.3. The van der Waals surface area contributed by atoms with Crippen molar-refractivity contribution in [3.8, 4) is 5.75 Å². The van der Waals surface area contributed by atoms with Gasteiger partial charge in [0.05, 0.1) is 12.8 Å². The number of carbonyl (C=O) groups is 1. The van der Waals surface area contributed by atoms with Gasteiger partial charge in [-0.15, -0.1) is 0 Å². The summed E-state index contributed by atoms with van der Waals surface area (Å²) in [4.78, 5) is 26.0. The van der Waals surface area contributed by atoms with Crippen molar-refractivity contribution in [2.75, 3.05) is 43.5 Å². The fourth-order valence-corrected chi connectivity index (χ4v) is 3.27. The van der Waals surface area contributed by atoms with E-state index in [0.717, 1.165) is 30.2 Å². The SMILES string of the molecule is COc1ccccc1N1CCN(C(=O)c2cc(C)nc(NC(C)(C)C)n2)CC1. The van der Waals surface area contributed by atoms with Gasteiger partial charge < -0.3 is 19.9 Å². The van der Waals surface area contributed by atoms with Crippen molar-refractivity contribution in [2.45, 2.75) is 33.2 Å². The molecule has 0 aliphatic carbocycles. The Hall–Kier alpha value is -2.83. The van der Waals surface area contributed by atoms with Crippen LogP contribution in [0.15, 0.2) is 30.3 Å². The number of ether oxygens (including phenoxy) is 1. The lowest BCUT2D eigenvalue weighted by Gasteiger charge is -2.36. The first-order valence-electron chi connectivity index (χ1n) is 9.58. The quantitative estimate of drug-likeness (QED) is 0.875. The van der Waals surface area contributed by atoms with Crippen molar-refractivity contribution in [2.24, 2.45) is 0 Å². The van der Waals surface area contributed by atoms with Gasteiger partial charge in [0.2, 0.25) is 5.95 Å². The smallest absolute Gasteiger partial charge is 0.272 e. The number of methoxy groups -OCH3 is 1. The number of nitrogens with one attached hydrogen (secondary N) is 1. The number of hydrogen-bond donors (Lipinski definition) is 1. The fourth-order valence-electron chi connectivity index (χ4n) is 3.27. The summed E-state index contributed by atoms with van der Waals surface area (Å²) in [6, 6.07) is 9.73. The summed E-state index contributed by atoms with van der Waals surface area (Å²) < 4.78 is 5.46. The summed E-state index contributed by atoms with van der Waals surface area (Å²) in [7, 11) is 1.68. The number of benzene rings is 1. The van der Waals surface area contributed by atoms with Gasteiger partial charge in [-0.25, -0.2) is 9.97 Å². The molecule has 1 N–H and O–H groups in total. The van der Waals surface area contributed by atoms with Crippen LogP contribution >= 0.6 is 0 Å². The molecular formula is C21H29N5O2. The molecule has 0 atom stereocenters. The molecule has 1 aromatic carbocycles. The van der Waals surface area contributed by atoms with E-state index >= 15 is 0 Å². The number of piperazine rings is 1. The molecule has 0 radical (unpaired) electrons. The average molecular weight is 383 g/mol. The van der Waals surface area contributed by atoms with Gasteiger partial charge in [0.25, 0.3) is 5.91 Å². The maximum Gasteiger partial charge on any atom is 0.272 e. The second kappa shape index (κ2) is 8.04. The van der Waals surface area contributed by atoms with E-state index in [1.54, 1.807) is 13.2 Å². The molecule has 2 heterocycles. The number of anilines is 2. The van der Waals surface area contributed by atoms with Crippen molar-refractivity contribution in [1.29, 1.82) is 0 Å². The molecule has 7 nitrogen and oxygen atoms in total. The Bertz CT molecular complexity index is 839. The van der Waals surface area contributed by atoms with Gasteiger partial charge in [-0.2, -0.15) is 0 Å². The van der Waals surface area contributed by atoms with Crippen LogP contribution in [-0.4, -0.2) is 59.6 Å². The number of aryl methyl sites for hydroxylation is 1. The minimum absolute atomic E-state index is 0.0536. The first-order chi connectivity index (χ1) is 13.3. The second-order valence-corrected chi connectivity index (χ2v) is 8.04. The summed E-state index contributed by atoms with van der Waals surface area (Å²) in [6.07, 6.45) is 0. The molecule has 7 heteroatoms. The van der Waals surface area contributed by atoms with Crippen LogP contribution in [0.4, 0.5) is 11.6 Å². The molecule has 150 valence electrons. The predicted octanol–water partition coefficient (Wildman–Crippen LogP) is 2.97. The number of rotatable bonds is 4. The van der Waals surface area contributed by atoms with Crippen molar-refractivity contribution < 1.29 is 9.53 Å². The van der Waals surface area contributed by atoms with Crippen LogP contribution in [0.3, 0.4) is 0 Å². The largest absolute Gasteiger partial charge is 0.495 e. The molecule has 0 saturated carbocycles. The molecule has 1 saturated heterocycles. The van der Waals surface area contributed by atoms with Gasteiger partial charge in [-0.3, -0.25) is 4.79 Å². The van der Waals surface area contributed by atoms with Gasteiger partial charge in [0, 0.05) is 37.4 Å². The van der Waals surface area contributed by atoms with E-state index in [1.165, 1.54) is 0 Å². The van der Waals surface area contributed by atoms with E-state index in [9.17, 15) is 4.79 Å². The Kier molecular flexibility index (Phi) is 5.72. The molecule has 1 aromatic heterocycles. The monoisotopic (exact) mass is 383 g/mol. The first-order valence-corrected chi connectivity index (χ1v) is 9.58. The summed E-state index contributed by atoms with van der Waals surface area (Å²) in [6.45, 7) is 10.8. The van der Waals surface area contributed by atoms with Crippen LogP contribution in [0.5, 0.6) is 5.75 Å². The maximum absolute atomic E-state index is 13.0. The molecule has 1 fully saturated rings. The molecule has 0 bridgehead atoms. The fraction of sp³-hybridized carbons (Fsp3) is 0.476. The summed E-state index contributed by atoms with van der Waals surface area (Å²) in [5, 5.41) is 3.25. The second-order valence-electron chi connectivity index (χ2n) is 8.04. The molecule has 28 heavy (non-hydrogen) atoms. The summed E-state index contributed by atoms with van der Waals surface area (Å²) >= 11 is 0. The zero-order chi connectivity index (χ0) is 20.3. The van der Waals surface area contributed by atoms with Crippen LogP contribution in [0.1, 0.15) is 37.0 Å². The number of nitrogens with zero attached hydrogens (tertiary/aromatic N) is 4. The number of aromatic nitrogens is 2.